The molecule has 2 aromatic carbocycles. The van der Waals surface area contributed by atoms with Crippen molar-refractivity contribution in [1.82, 2.24) is 0 Å². The number of phenolic OH excluding ortho intramolecular Hbond substituents is 1. The van der Waals surface area contributed by atoms with Gasteiger partial charge in [-0.25, -0.2) is 0 Å². The number of carbonyl (C=O) groups is 1. The van der Waals surface area contributed by atoms with Gasteiger partial charge in [0, 0.05) is 12.0 Å². The van der Waals surface area contributed by atoms with Crippen molar-refractivity contribution >= 4 is 5.97 Å². The van der Waals surface area contributed by atoms with Gasteiger partial charge in [-0.15, -0.1) is 0 Å². The molecule has 0 heterocycles. The van der Waals surface area contributed by atoms with Gasteiger partial charge in [0.05, 0.1) is 0 Å². The van der Waals surface area contributed by atoms with Crippen LogP contribution in [0.2, 0.25) is 0 Å². The van der Waals surface area contributed by atoms with E-state index in [2.05, 4.69) is 41.5 Å². The zero-order chi connectivity index (χ0) is 19.7. The van der Waals surface area contributed by atoms with Crippen molar-refractivity contribution in [3.8, 4) is 16.9 Å². The summed E-state index contributed by atoms with van der Waals surface area (Å²) in [4.78, 5) is 11.2. The summed E-state index contributed by atoms with van der Waals surface area (Å²) in [7, 11) is 0. The van der Waals surface area contributed by atoms with Crippen LogP contribution in [-0.2, 0) is 22.0 Å². The highest BCUT2D eigenvalue weighted by atomic mass is 16.4. The van der Waals surface area contributed by atoms with Crippen LogP contribution in [0.5, 0.6) is 5.75 Å². The summed E-state index contributed by atoms with van der Waals surface area (Å²) in [6.07, 6.45) is 0.504. The van der Waals surface area contributed by atoms with Gasteiger partial charge in [0.15, 0.2) is 0 Å². The topological polar surface area (TPSA) is 57.5 Å². The molecule has 2 rings (SSSR count). The van der Waals surface area contributed by atoms with Crippen LogP contribution < -0.4 is 0 Å². The number of aromatic hydroxyl groups is 1. The highest BCUT2D eigenvalue weighted by Crippen LogP contribution is 2.46. The highest BCUT2D eigenvalue weighted by Gasteiger charge is 2.30. The molecule has 0 unspecified atom stereocenters. The minimum absolute atomic E-state index is 0.0672. The van der Waals surface area contributed by atoms with Gasteiger partial charge in [-0.3, -0.25) is 4.79 Å². The number of aryl methyl sites for hydroxylation is 1. The molecule has 26 heavy (non-hydrogen) atoms. The molecule has 3 heteroatoms. The summed E-state index contributed by atoms with van der Waals surface area (Å²) in [6.45, 7) is 12.5. The molecule has 2 aromatic rings. The zero-order valence-corrected chi connectivity index (χ0v) is 16.7. The van der Waals surface area contributed by atoms with Crippen molar-refractivity contribution in [3.63, 3.8) is 0 Å². The van der Waals surface area contributed by atoms with Gasteiger partial charge in [0.2, 0.25) is 0 Å². The van der Waals surface area contributed by atoms with Gasteiger partial charge in [-0.05, 0) is 39.5 Å². The van der Waals surface area contributed by atoms with E-state index in [4.69, 9.17) is 0 Å². The molecule has 140 valence electrons. The summed E-state index contributed by atoms with van der Waals surface area (Å²) >= 11 is 0. The Bertz CT molecular complexity index is 791. The van der Waals surface area contributed by atoms with E-state index in [0.29, 0.717) is 12.2 Å². The molecule has 0 aromatic heterocycles. The number of carboxylic acids is 1. The fourth-order valence-corrected chi connectivity index (χ4v) is 3.40. The summed E-state index contributed by atoms with van der Waals surface area (Å²) in [5.74, 6) is -0.491. The molecule has 0 saturated heterocycles. The monoisotopic (exact) mass is 354 g/mol. The number of phenols is 1. The number of hydrogen-bond donors (Lipinski definition) is 2. The number of benzene rings is 2. The Balaban J connectivity index is 2.89. The van der Waals surface area contributed by atoms with Crippen molar-refractivity contribution < 1.29 is 15.0 Å². The maximum absolute atomic E-state index is 11.2. The van der Waals surface area contributed by atoms with Crippen LogP contribution in [0.1, 0.15) is 64.7 Å². The standard InChI is InChI=1S/C23H30O3/c1-22(2,3)17-14-16(12-13-18(24)25)19(15-10-8-7-9-11-15)20(21(17)26)23(4,5)6/h7-11,14,26H,12-13H2,1-6H3,(H,24,25). The molecule has 0 aliphatic carbocycles. The maximum atomic E-state index is 11.2. The Labute approximate surface area is 156 Å². The van der Waals surface area contributed by atoms with E-state index in [1.54, 1.807) is 0 Å². The van der Waals surface area contributed by atoms with Crippen molar-refractivity contribution in [2.45, 2.75) is 65.2 Å². The number of aliphatic carboxylic acids is 1. The van der Waals surface area contributed by atoms with E-state index in [1.165, 1.54) is 0 Å². The van der Waals surface area contributed by atoms with E-state index in [1.807, 2.05) is 36.4 Å². The minimum Gasteiger partial charge on any atom is -0.507 e. The molecule has 0 radical (unpaired) electrons. The molecule has 0 amide bonds. The third-order valence-corrected chi connectivity index (χ3v) is 4.61. The molecule has 0 atom stereocenters. The second kappa shape index (κ2) is 7.14. The van der Waals surface area contributed by atoms with Gasteiger partial charge in [-0.1, -0.05) is 77.9 Å². The lowest BCUT2D eigenvalue weighted by atomic mass is 9.74. The van der Waals surface area contributed by atoms with E-state index in [9.17, 15) is 15.0 Å². The van der Waals surface area contributed by atoms with Crippen LogP contribution in [0, 0.1) is 0 Å². The molecular weight excluding hydrogens is 324 g/mol. The normalized spacial score (nSPS) is 12.2. The SMILES string of the molecule is CC(C)(C)c1cc(CCC(=O)O)c(-c2ccccc2)c(C(C)(C)C)c1O. The Kier molecular flexibility index (Phi) is 5.50. The molecule has 3 nitrogen and oxygen atoms in total. The lowest BCUT2D eigenvalue weighted by molar-refractivity contribution is -0.136. The van der Waals surface area contributed by atoms with Gasteiger partial charge in [0.25, 0.3) is 0 Å². The van der Waals surface area contributed by atoms with Gasteiger partial charge >= 0.3 is 5.97 Å². The average molecular weight is 354 g/mol. The van der Waals surface area contributed by atoms with Crippen LogP contribution in [0.15, 0.2) is 36.4 Å². The van der Waals surface area contributed by atoms with E-state index < -0.39 is 5.97 Å². The largest absolute Gasteiger partial charge is 0.507 e. The first-order valence-electron chi connectivity index (χ1n) is 9.10. The lowest BCUT2D eigenvalue weighted by Crippen LogP contribution is -2.20. The van der Waals surface area contributed by atoms with Crippen LogP contribution >= 0.6 is 0 Å². The highest BCUT2D eigenvalue weighted by molar-refractivity contribution is 5.77. The van der Waals surface area contributed by atoms with Gasteiger partial charge < -0.3 is 10.2 Å². The zero-order valence-electron chi connectivity index (χ0n) is 16.7. The second-order valence-electron chi connectivity index (χ2n) is 8.94. The molecule has 0 saturated carbocycles. The second-order valence-corrected chi connectivity index (χ2v) is 8.94. The van der Waals surface area contributed by atoms with Crippen molar-refractivity contribution in [2.24, 2.45) is 0 Å². The van der Waals surface area contributed by atoms with Gasteiger partial charge in [-0.2, -0.15) is 0 Å². The first-order valence-corrected chi connectivity index (χ1v) is 9.10. The maximum Gasteiger partial charge on any atom is 0.303 e. The van der Waals surface area contributed by atoms with Crippen molar-refractivity contribution in [3.05, 3.63) is 53.1 Å². The Morgan fingerprint density at radius 2 is 1.54 bits per heavy atom. The van der Waals surface area contributed by atoms with Gasteiger partial charge in [0.1, 0.15) is 5.75 Å². The summed E-state index contributed by atoms with van der Waals surface area (Å²) in [5.41, 5.74) is 4.18. The molecule has 0 aliphatic heterocycles. The van der Waals surface area contributed by atoms with E-state index >= 15 is 0 Å². The quantitative estimate of drug-likeness (QED) is 0.743. The molecular formula is C23H30O3. The Morgan fingerprint density at radius 1 is 0.962 bits per heavy atom. The number of hydrogen-bond acceptors (Lipinski definition) is 2. The summed E-state index contributed by atoms with van der Waals surface area (Å²) in [5, 5.41) is 20.4. The Morgan fingerprint density at radius 3 is 2.00 bits per heavy atom. The van der Waals surface area contributed by atoms with Crippen molar-refractivity contribution in [2.75, 3.05) is 0 Å². The predicted octanol–water partition coefficient (Wildman–Crippen LogP) is 5.67. The number of rotatable bonds is 4. The first-order chi connectivity index (χ1) is 11.9. The lowest BCUT2D eigenvalue weighted by Gasteiger charge is -2.31. The van der Waals surface area contributed by atoms with E-state index in [-0.39, 0.29) is 17.3 Å². The van der Waals surface area contributed by atoms with E-state index in [0.717, 1.165) is 27.8 Å². The predicted molar refractivity (Wildman–Crippen MR) is 107 cm³/mol. The van der Waals surface area contributed by atoms with Crippen LogP contribution in [-0.4, -0.2) is 16.2 Å². The first kappa shape index (κ1) is 20.0. The number of carboxylic acid groups (broad SMARTS) is 1. The van der Waals surface area contributed by atoms with Crippen LogP contribution in [0.3, 0.4) is 0 Å². The third-order valence-electron chi connectivity index (χ3n) is 4.61. The Hall–Kier alpha value is -2.29. The van der Waals surface area contributed by atoms with Crippen LogP contribution in [0.25, 0.3) is 11.1 Å². The smallest absolute Gasteiger partial charge is 0.303 e. The summed E-state index contributed by atoms with van der Waals surface area (Å²) < 4.78 is 0. The minimum atomic E-state index is -0.813. The average Bonchev–Trinajstić information content (AvgIpc) is 2.51. The van der Waals surface area contributed by atoms with Crippen LogP contribution in [0.4, 0.5) is 0 Å². The third kappa shape index (κ3) is 4.27. The van der Waals surface area contributed by atoms with Crippen molar-refractivity contribution in [1.29, 1.82) is 0 Å². The molecule has 0 bridgehead atoms. The molecule has 0 aliphatic rings. The molecule has 0 spiro atoms. The fraction of sp³-hybridized carbons (Fsp3) is 0.435. The molecule has 2 N–H and O–H groups in total. The molecule has 0 fully saturated rings. The fourth-order valence-electron chi connectivity index (χ4n) is 3.40. The summed E-state index contributed by atoms with van der Waals surface area (Å²) in [6, 6.07) is 11.9.